The third-order valence-electron chi connectivity index (χ3n) is 4.83. The van der Waals surface area contributed by atoms with Crippen molar-refractivity contribution in [3.8, 4) is 11.3 Å². The van der Waals surface area contributed by atoms with Crippen LogP contribution in [0, 0.1) is 0 Å². The van der Waals surface area contributed by atoms with Crippen molar-refractivity contribution in [1.82, 2.24) is 19.6 Å². The molecule has 6 nitrogen and oxygen atoms in total. The van der Waals surface area contributed by atoms with Crippen LogP contribution in [0.25, 0.3) is 16.9 Å². The molecule has 140 valence electrons. The van der Waals surface area contributed by atoms with Gasteiger partial charge in [0.2, 0.25) is 0 Å². The standard InChI is InChI=1S/C21H24N4O2/c26-21(22-8-4-9-24-11-13-27-14-12-24)18-7-10-25-16-19(23-20(25)15-18)17-5-2-1-3-6-17/h1-3,5-7,10,15-16H,4,8-9,11-14H2,(H,22,26). The Balaban J connectivity index is 1.36. The van der Waals surface area contributed by atoms with Gasteiger partial charge in [-0.2, -0.15) is 0 Å². The summed E-state index contributed by atoms with van der Waals surface area (Å²) >= 11 is 0. The van der Waals surface area contributed by atoms with E-state index >= 15 is 0 Å². The summed E-state index contributed by atoms with van der Waals surface area (Å²) in [5.74, 6) is -0.0521. The lowest BCUT2D eigenvalue weighted by atomic mass is 10.2. The molecule has 1 saturated heterocycles. The van der Waals surface area contributed by atoms with Gasteiger partial charge < -0.3 is 14.5 Å². The van der Waals surface area contributed by atoms with E-state index in [4.69, 9.17) is 4.74 Å². The summed E-state index contributed by atoms with van der Waals surface area (Å²) in [4.78, 5) is 19.5. The lowest BCUT2D eigenvalue weighted by Crippen LogP contribution is -2.38. The summed E-state index contributed by atoms with van der Waals surface area (Å²) in [6.45, 7) is 5.24. The zero-order valence-corrected chi connectivity index (χ0v) is 15.3. The quantitative estimate of drug-likeness (QED) is 0.683. The molecule has 0 bridgehead atoms. The van der Waals surface area contributed by atoms with Crippen LogP contribution >= 0.6 is 0 Å². The number of carbonyl (C=O) groups is 1. The van der Waals surface area contributed by atoms with E-state index in [9.17, 15) is 4.79 Å². The van der Waals surface area contributed by atoms with Gasteiger partial charge in [-0.15, -0.1) is 0 Å². The summed E-state index contributed by atoms with van der Waals surface area (Å²) in [5, 5.41) is 3.01. The van der Waals surface area contributed by atoms with Gasteiger partial charge in [-0.05, 0) is 25.1 Å². The van der Waals surface area contributed by atoms with Crippen LogP contribution in [0.5, 0.6) is 0 Å². The number of fused-ring (bicyclic) bond motifs is 1. The topological polar surface area (TPSA) is 58.9 Å². The number of rotatable bonds is 6. The van der Waals surface area contributed by atoms with Crippen LogP contribution in [0.2, 0.25) is 0 Å². The monoisotopic (exact) mass is 364 g/mol. The molecule has 3 aromatic rings. The summed E-state index contributed by atoms with van der Waals surface area (Å²) in [5.41, 5.74) is 3.38. The molecule has 1 aromatic carbocycles. The fraction of sp³-hybridized carbons (Fsp3) is 0.333. The summed E-state index contributed by atoms with van der Waals surface area (Å²) < 4.78 is 7.29. The van der Waals surface area contributed by atoms with Crippen LogP contribution in [0.15, 0.2) is 54.9 Å². The maximum Gasteiger partial charge on any atom is 0.251 e. The van der Waals surface area contributed by atoms with Crippen LogP contribution in [0.4, 0.5) is 0 Å². The van der Waals surface area contributed by atoms with Gasteiger partial charge in [-0.3, -0.25) is 9.69 Å². The molecule has 0 radical (unpaired) electrons. The highest BCUT2D eigenvalue weighted by Gasteiger charge is 2.11. The Bertz CT molecular complexity index is 901. The van der Waals surface area contributed by atoms with E-state index < -0.39 is 0 Å². The molecule has 0 spiro atoms. The first-order valence-electron chi connectivity index (χ1n) is 9.42. The highest BCUT2D eigenvalue weighted by Crippen LogP contribution is 2.19. The molecule has 0 atom stereocenters. The molecule has 1 aliphatic rings. The molecule has 3 heterocycles. The van der Waals surface area contributed by atoms with E-state index in [1.807, 2.05) is 59.3 Å². The number of hydrogen-bond donors (Lipinski definition) is 1. The smallest absolute Gasteiger partial charge is 0.251 e. The fourth-order valence-corrected chi connectivity index (χ4v) is 3.30. The van der Waals surface area contributed by atoms with Crippen molar-refractivity contribution < 1.29 is 9.53 Å². The van der Waals surface area contributed by atoms with Crippen molar-refractivity contribution in [3.63, 3.8) is 0 Å². The van der Waals surface area contributed by atoms with Crippen molar-refractivity contribution in [3.05, 3.63) is 60.4 Å². The first-order valence-corrected chi connectivity index (χ1v) is 9.42. The summed E-state index contributed by atoms with van der Waals surface area (Å²) in [7, 11) is 0. The van der Waals surface area contributed by atoms with Crippen molar-refractivity contribution in [1.29, 1.82) is 0 Å². The second kappa shape index (κ2) is 8.33. The Hall–Kier alpha value is -2.70. The predicted molar refractivity (Wildman–Crippen MR) is 105 cm³/mol. The number of morpholine rings is 1. The molecule has 0 unspecified atom stereocenters. The number of pyridine rings is 1. The molecule has 1 amide bonds. The van der Waals surface area contributed by atoms with E-state index in [1.165, 1.54) is 0 Å². The average molecular weight is 364 g/mol. The highest BCUT2D eigenvalue weighted by atomic mass is 16.5. The van der Waals surface area contributed by atoms with Gasteiger partial charge in [0.25, 0.3) is 5.91 Å². The third-order valence-corrected chi connectivity index (χ3v) is 4.83. The lowest BCUT2D eigenvalue weighted by Gasteiger charge is -2.26. The predicted octanol–water partition coefficient (Wildman–Crippen LogP) is 2.45. The van der Waals surface area contributed by atoms with Gasteiger partial charge >= 0.3 is 0 Å². The summed E-state index contributed by atoms with van der Waals surface area (Å²) in [6.07, 6.45) is 4.81. The van der Waals surface area contributed by atoms with Crippen LogP contribution in [-0.2, 0) is 4.74 Å². The molecule has 2 aromatic heterocycles. The first-order chi connectivity index (χ1) is 13.3. The normalized spacial score (nSPS) is 15.1. The maximum absolute atomic E-state index is 12.4. The minimum absolute atomic E-state index is 0.0521. The van der Waals surface area contributed by atoms with Gasteiger partial charge in [0, 0.05) is 43.2 Å². The highest BCUT2D eigenvalue weighted by molar-refractivity contribution is 5.95. The maximum atomic E-state index is 12.4. The third kappa shape index (κ3) is 4.35. The molecule has 4 rings (SSSR count). The van der Waals surface area contributed by atoms with E-state index in [-0.39, 0.29) is 5.91 Å². The van der Waals surface area contributed by atoms with Crippen LogP contribution in [-0.4, -0.2) is 59.6 Å². The molecule has 1 fully saturated rings. The minimum Gasteiger partial charge on any atom is -0.379 e. The van der Waals surface area contributed by atoms with Gasteiger partial charge in [-0.25, -0.2) is 4.98 Å². The zero-order valence-electron chi connectivity index (χ0n) is 15.3. The SMILES string of the molecule is O=C(NCCCN1CCOCC1)c1ccn2cc(-c3ccccc3)nc2c1. The number of amides is 1. The first kappa shape index (κ1) is 17.7. The number of nitrogens with zero attached hydrogens (tertiary/aromatic N) is 3. The molecule has 27 heavy (non-hydrogen) atoms. The molecular weight excluding hydrogens is 340 g/mol. The molecule has 0 saturated carbocycles. The number of carbonyl (C=O) groups excluding carboxylic acids is 1. The number of ether oxygens (including phenoxy) is 1. The van der Waals surface area contributed by atoms with E-state index in [2.05, 4.69) is 15.2 Å². The molecule has 1 N–H and O–H groups in total. The van der Waals surface area contributed by atoms with E-state index in [0.29, 0.717) is 12.1 Å². The van der Waals surface area contributed by atoms with E-state index in [0.717, 1.165) is 56.2 Å². The van der Waals surface area contributed by atoms with E-state index in [1.54, 1.807) is 0 Å². The second-order valence-corrected chi connectivity index (χ2v) is 6.74. The van der Waals surface area contributed by atoms with Crippen LogP contribution in [0.1, 0.15) is 16.8 Å². The molecular formula is C21H24N4O2. The van der Waals surface area contributed by atoms with Crippen molar-refractivity contribution in [2.75, 3.05) is 39.4 Å². The van der Waals surface area contributed by atoms with Gasteiger partial charge in [0.05, 0.1) is 18.9 Å². The van der Waals surface area contributed by atoms with Crippen LogP contribution in [0.3, 0.4) is 0 Å². The largest absolute Gasteiger partial charge is 0.379 e. The Morgan fingerprint density at radius 1 is 1.15 bits per heavy atom. The molecule has 0 aliphatic carbocycles. The number of nitrogens with one attached hydrogen (secondary N) is 1. The van der Waals surface area contributed by atoms with Gasteiger partial charge in [0.15, 0.2) is 0 Å². The van der Waals surface area contributed by atoms with Crippen molar-refractivity contribution in [2.24, 2.45) is 0 Å². The summed E-state index contributed by atoms with van der Waals surface area (Å²) in [6, 6.07) is 13.7. The number of imidazole rings is 1. The minimum atomic E-state index is -0.0521. The van der Waals surface area contributed by atoms with Gasteiger partial charge in [0.1, 0.15) is 5.65 Å². The molecule has 6 heteroatoms. The fourth-order valence-electron chi connectivity index (χ4n) is 3.30. The van der Waals surface area contributed by atoms with Crippen LogP contribution < -0.4 is 5.32 Å². The average Bonchev–Trinajstić information content (AvgIpc) is 3.16. The second-order valence-electron chi connectivity index (χ2n) is 6.74. The van der Waals surface area contributed by atoms with Crippen molar-refractivity contribution in [2.45, 2.75) is 6.42 Å². The molecule has 1 aliphatic heterocycles. The Kier molecular flexibility index (Phi) is 5.46. The van der Waals surface area contributed by atoms with Gasteiger partial charge in [-0.1, -0.05) is 30.3 Å². The zero-order chi connectivity index (χ0) is 18.5. The number of hydrogen-bond acceptors (Lipinski definition) is 4. The Morgan fingerprint density at radius 3 is 2.78 bits per heavy atom. The Morgan fingerprint density at radius 2 is 1.96 bits per heavy atom. The lowest BCUT2D eigenvalue weighted by molar-refractivity contribution is 0.0374. The number of benzene rings is 1. The van der Waals surface area contributed by atoms with Crippen molar-refractivity contribution >= 4 is 11.6 Å². The number of aromatic nitrogens is 2. The Labute approximate surface area is 158 Å².